The standard InChI is InChI=1S/C23H26N4O4S2/c1-31-18-5-3-16-4-6-19(13-17(16)12-18)33(29,30)26-20-8-10-27(23(20)28)14-15-7-9-25-21(11-15)22(24)32-2/h3-7,9,11-13,20,22,26H,8,10,14,24H2,1-2H3/t20-,22?/m0/s1. The molecule has 8 nitrogen and oxygen atoms in total. The molecule has 0 bridgehead atoms. The Hall–Kier alpha value is -2.66. The van der Waals surface area contributed by atoms with Crippen LogP contribution in [0.1, 0.15) is 23.1 Å². The minimum Gasteiger partial charge on any atom is -0.497 e. The fourth-order valence-electron chi connectivity index (χ4n) is 3.85. The summed E-state index contributed by atoms with van der Waals surface area (Å²) in [5.74, 6) is 0.401. The van der Waals surface area contributed by atoms with E-state index in [0.29, 0.717) is 25.3 Å². The second kappa shape index (κ2) is 9.68. The number of hydrogen-bond donors (Lipinski definition) is 2. The van der Waals surface area contributed by atoms with Gasteiger partial charge in [0.05, 0.1) is 23.1 Å². The number of ether oxygens (including phenoxy) is 1. The third-order valence-corrected chi connectivity index (χ3v) is 7.91. The zero-order valence-corrected chi connectivity index (χ0v) is 20.0. The lowest BCUT2D eigenvalue weighted by Gasteiger charge is -2.18. The fraction of sp³-hybridized carbons (Fsp3) is 0.304. The molecule has 1 aliphatic heterocycles. The third-order valence-electron chi connectivity index (χ3n) is 5.69. The average molecular weight is 487 g/mol. The lowest BCUT2D eigenvalue weighted by Crippen LogP contribution is -2.41. The summed E-state index contributed by atoms with van der Waals surface area (Å²) < 4.78 is 33.8. The minimum atomic E-state index is -3.87. The predicted molar refractivity (Wildman–Crippen MR) is 129 cm³/mol. The second-order valence-electron chi connectivity index (χ2n) is 7.84. The van der Waals surface area contributed by atoms with Crippen LogP contribution in [-0.2, 0) is 21.4 Å². The van der Waals surface area contributed by atoms with Crippen molar-refractivity contribution in [1.29, 1.82) is 0 Å². The lowest BCUT2D eigenvalue weighted by atomic mass is 10.1. The molecule has 0 saturated carbocycles. The Morgan fingerprint density at radius 2 is 2.00 bits per heavy atom. The zero-order valence-electron chi connectivity index (χ0n) is 18.4. The molecule has 1 amide bonds. The van der Waals surface area contributed by atoms with Gasteiger partial charge in [-0.1, -0.05) is 12.1 Å². The van der Waals surface area contributed by atoms with Crippen LogP contribution in [0, 0.1) is 0 Å². The third kappa shape index (κ3) is 5.14. The molecule has 1 saturated heterocycles. The number of pyridine rings is 1. The molecule has 0 spiro atoms. The van der Waals surface area contributed by atoms with E-state index in [1.807, 2.05) is 30.5 Å². The number of hydrogen-bond acceptors (Lipinski definition) is 7. The summed E-state index contributed by atoms with van der Waals surface area (Å²) in [5.41, 5.74) is 7.69. The molecule has 0 aliphatic carbocycles. The van der Waals surface area contributed by atoms with E-state index >= 15 is 0 Å². The topological polar surface area (TPSA) is 115 Å². The molecule has 1 fully saturated rings. The van der Waals surface area contributed by atoms with Crippen LogP contribution in [0.3, 0.4) is 0 Å². The number of nitrogens with two attached hydrogens (primary N) is 1. The number of methoxy groups -OCH3 is 1. The van der Waals surface area contributed by atoms with Crippen molar-refractivity contribution in [2.24, 2.45) is 5.73 Å². The van der Waals surface area contributed by atoms with E-state index in [4.69, 9.17) is 10.5 Å². The summed E-state index contributed by atoms with van der Waals surface area (Å²) in [7, 11) is -2.31. The van der Waals surface area contributed by atoms with Crippen LogP contribution in [0.5, 0.6) is 5.75 Å². The average Bonchev–Trinajstić information content (AvgIpc) is 3.16. The number of fused-ring (bicyclic) bond motifs is 1. The quantitative estimate of drug-likeness (QED) is 0.471. The number of carbonyl (C=O) groups excluding carboxylic acids is 1. The molecule has 3 N–H and O–H groups in total. The van der Waals surface area contributed by atoms with Crippen molar-refractivity contribution in [3.8, 4) is 5.75 Å². The van der Waals surface area contributed by atoms with Crippen LogP contribution in [-0.4, -0.2) is 50.2 Å². The molecule has 2 aromatic carbocycles. The van der Waals surface area contributed by atoms with Crippen molar-refractivity contribution < 1.29 is 17.9 Å². The number of sulfonamides is 1. The number of aromatic nitrogens is 1. The van der Waals surface area contributed by atoms with E-state index in [-0.39, 0.29) is 16.2 Å². The van der Waals surface area contributed by atoms with Gasteiger partial charge in [-0.2, -0.15) is 4.72 Å². The van der Waals surface area contributed by atoms with Crippen LogP contribution in [0.4, 0.5) is 0 Å². The van der Waals surface area contributed by atoms with Crippen molar-refractivity contribution in [2.45, 2.75) is 29.3 Å². The second-order valence-corrected chi connectivity index (χ2v) is 10.5. The van der Waals surface area contributed by atoms with Crippen molar-refractivity contribution >= 4 is 38.5 Å². The van der Waals surface area contributed by atoms with Gasteiger partial charge in [0, 0.05) is 19.3 Å². The van der Waals surface area contributed by atoms with Crippen LogP contribution >= 0.6 is 11.8 Å². The molecule has 1 aromatic heterocycles. The number of nitrogens with zero attached hydrogens (tertiary/aromatic N) is 2. The first kappa shape index (κ1) is 23.5. The number of thioether (sulfide) groups is 1. The lowest BCUT2D eigenvalue weighted by molar-refractivity contribution is -0.129. The Morgan fingerprint density at radius 3 is 2.76 bits per heavy atom. The monoisotopic (exact) mass is 486 g/mol. The highest BCUT2D eigenvalue weighted by atomic mass is 32.2. The maximum Gasteiger partial charge on any atom is 0.241 e. The van der Waals surface area contributed by atoms with Crippen LogP contribution < -0.4 is 15.2 Å². The molecule has 1 aliphatic rings. The van der Waals surface area contributed by atoms with E-state index in [1.54, 1.807) is 42.5 Å². The molecular formula is C23H26N4O4S2. The molecule has 33 heavy (non-hydrogen) atoms. The maximum absolute atomic E-state index is 13.0. The van der Waals surface area contributed by atoms with Gasteiger partial charge in [-0.25, -0.2) is 8.42 Å². The minimum absolute atomic E-state index is 0.110. The molecule has 1 unspecified atom stereocenters. The summed E-state index contributed by atoms with van der Waals surface area (Å²) in [6.45, 7) is 0.844. The summed E-state index contributed by atoms with van der Waals surface area (Å²) in [5, 5.41) is 1.41. The van der Waals surface area contributed by atoms with Crippen LogP contribution in [0.15, 0.2) is 59.6 Å². The predicted octanol–water partition coefficient (Wildman–Crippen LogP) is 2.64. The normalized spacial score (nSPS) is 17.5. The summed E-state index contributed by atoms with van der Waals surface area (Å²) in [6.07, 6.45) is 3.99. The molecule has 174 valence electrons. The number of benzene rings is 2. The van der Waals surface area contributed by atoms with Gasteiger partial charge in [-0.05, 0) is 65.4 Å². The largest absolute Gasteiger partial charge is 0.497 e. The van der Waals surface area contributed by atoms with Gasteiger partial charge in [0.2, 0.25) is 15.9 Å². The zero-order chi connectivity index (χ0) is 23.6. The summed E-state index contributed by atoms with van der Waals surface area (Å²) >= 11 is 1.49. The van der Waals surface area contributed by atoms with Gasteiger partial charge in [0.15, 0.2) is 0 Å². The van der Waals surface area contributed by atoms with Gasteiger partial charge < -0.3 is 15.4 Å². The van der Waals surface area contributed by atoms with E-state index in [1.165, 1.54) is 11.8 Å². The van der Waals surface area contributed by atoms with E-state index < -0.39 is 16.1 Å². The van der Waals surface area contributed by atoms with Gasteiger partial charge in [0.25, 0.3) is 0 Å². The molecular weight excluding hydrogens is 460 g/mol. The highest BCUT2D eigenvalue weighted by molar-refractivity contribution is 7.98. The Kier molecular flexibility index (Phi) is 6.89. The smallest absolute Gasteiger partial charge is 0.241 e. The van der Waals surface area contributed by atoms with E-state index in [0.717, 1.165) is 22.0 Å². The molecule has 0 radical (unpaired) electrons. The SMILES string of the molecule is COc1ccc2ccc(S(=O)(=O)N[C@H]3CCN(Cc4ccnc(C(N)SC)c4)C3=O)cc2c1. The molecule has 2 heterocycles. The molecule has 2 atom stereocenters. The van der Waals surface area contributed by atoms with E-state index in [9.17, 15) is 13.2 Å². The first-order valence-electron chi connectivity index (χ1n) is 10.4. The van der Waals surface area contributed by atoms with Crippen molar-refractivity contribution in [2.75, 3.05) is 19.9 Å². The number of rotatable bonds is 8. The van der Waals surface area contributed by atoms with Gasteiger partial charge >= 0.3 is 0 Å². The van der Waals surface area contributed by atoms with Gasteiger partial charge in [-0.3, -0.25) is 9.78 Å². The summed E-state index contributed by atoms with van der Waals surface area (Å²) in [4.78, 5) is 19.0. The van der Waals surface area contributed by atoms with Crippen molar-refractivity contribution in [3.63, 3.8) is 0 Å². The Morgan fingerprint density at radius 1 is 1.21 bits per heavy atom. The van der Waals surface area contributed by atoms with Gasteiger partial charge in [0.1, 0.15) is 11.8 Å². The highest BCUT2D eigenvalue weighted by Gasteiger charge is 2.35. The number of nitrogens with one attached hydrogen (secondary N) is 1. The first-order valence-corrected chi connectivity index (χ1v) is 13.2. The van der Waals surface area contributed by atoms with Gasteiger partial charge in [-0.15, -0.1) is 11.8 Å². The number of carbonyl (C=O) groups is 1. The highest BCUT2D eigenvalue weighted by Crippen LogP contribution is 2.25. The number of likely N-dealkylation sites (tertiary alicyclic amines) is 1. The fourth-order valence-corrected chi connectivity index (χ4v) is 5.48. The van der Waals surface area contributed by atoms with Crippen molar-refractivity contribution in [1.82, 2.24) is 14.6 Å². The van der Waals surface area contributed by atoms with Crippen LogP contribution in [0.2, 0.25) is 0 Å². The van der Waals surface area contributed by atoms with E-state index in [2.05, 4.69) is 9.71 Å². The Bertz CT molecular complexity index is 1280. The van der Waals surface area contributed by atoms with Crippen molar-refractivity contribution in [3.05, 3.63) is 66.0 Å². The molecule has 10 heteroatoms. The Balaban J connectivity index is 1.47. The summed E-state index contributed by atoms with van der Waals surface area (Å²) in [6, 6.07) is 13.3. The Labute approximate surface area is 197 Å². The molecule has 4 rings (SSSR count). The van der Waals surface area contributed by atoms with Crippen LogP contribution in [0.25, 0.3) is 10.8 Å². The molecule has 3 aromatic rings. The maximum atomic E-state index is 13.0. The number of amides is 1. The first-order chi connectivity index (χ1) is 15.8.